The van der Waals surface area contributed by atoms with Crippen LogP contribution in [0.5, 0.6) is 0 Å². The number of aliphatic imine (C=N–C) groups is 1. The van der Waals surface area contributed by atoms with E-state index in [9.17, 15) is 0 Å². The lowest BCUT2D eigenvalue weighted by atomic mass is 10.4. The van der Waals surface area contributed by atoms with Crippen molar-refractivity contribution in [2.75, 3.05) is 19.8 Å². The van der Waals surface area contributed by atoms with Crippen LogP contribution in [0.2, 0.25) is 0 Å². The van der Waals surface area contributed by atoms with Crippen LogP contribution < -0.4 is 16.6 Å². The molecule has 0 aliphatic heterocycles. The van der Waals surface area contributed by atoms with Gasteiger partial charge in [-0.2, -0.15) is 0 Å². The zero-order chi connectivity index (χ0) is 11.5. The lowest BCUT2D eigenvalue weighted by molar-refractivity contribution is 0.139. The van der Waals surface area contributed by atoms with Crippen molar-refractivity contribution in [2.24, 2.45) is 10.8 Å². The third-order valence-electron chi connectivity index (χ3n) is 1.71. The molecule has 90 valence electrons. The molecule has 0 aromatic carbocycles. The molecule has 0 aromatic heterocycles. The lowest BCUT2D eigenvalue weighted by Crippen LogP contribution is -2.44. The van der Waals surface area contributed by atoms with Gasteiger partial charge in [-0.1, -0.05) is 13.3 Å². The fourth-order valence-corrected chi connectivity index (χ4v) is 0.977. The number of guanidine groups is 1. The second-order valence-electron chi connectivity index (χ2n) is 3.64. The van der Waals surface area contributed by atoms with Crippen molar-refractivity contribution in [3.8, 4) is 0 Å². The van der Waals surface area contributed by atoms with Crippen molar-refractivity contribution in [3.63, 3.8) is 0 Å². The first-order chi connectivity index (χ1) is 7.20. The molecule has 0 amide bonds. The third-order valence-corrected chi connectivity index (χ3v) is 1.71. The van der Waals surface area contributed by atoms with Gasteiger partial charge in [0.25, 0.3) is 0 Å². The van der Waals surface area contributed by atoms with E-state index in [1.54, 1.807) is 0 Å². The maximum atomic E-state index is 5.37. The molecule has 0 fully saturated rings. The Kier molecular flexibility index (Phi) is 9.21. The predicted octanol–water partition coefficient (Wildman–Crippen LogP) is 0.620. The molecule has 0 spiro atoms. The monoisotopic (exact) mass is 216 g/mol. The van der Waals surface area contributed by atoms with Crippen LogP contribution in [0.4, 0.5) is 0 Å². The number of unbranched alkanes of at least 4 members (excludes halogenated alkanes) is 1. The average molecular weight is 216 g/mol. The Hall–Kier alpha value is -0.810. The van der Waals surface area contributed by atoms with Gasteiger partial charge in [0.2, 0.25) is 5.96 Å². The number of hydrogen-bond acceptors (Lipinski definition) is 3. The highest BCUT2D eigenvalue weighted by Crippen LogP contribution is 1.87. The molecule has 0 atom stereocenters. The Labute approximate surface area is 92.4 Å². The number of rotatable bonds is 7. The largest absolute Gasteiger partial charge is 0.380 e. The minimum Gasteiger partial charge on any atom is -0.380 e. The summed E-state index contributed by atoms with van der Waals surface area (Å²) in [5.74, 6) is 5.91. The maximum absolute atomic E-state index is 5.37. The van der Waals surface area contributed by atoms with E-state index in [1.807, 2.05) is 13.8 Å². The molecule has 0 aliphatic rings. The SMILES string of the molecule is CCCCOCCN=C(NN)NC(C)C. The van der Waals surface area contributed by atoms with Gasteiger partial charge in [0.1, 0.15) is 0 Å². The standard InChI is InChI=1S/C10H24N4O/c1-4-5-7-15-8-6-12-10(14-11)13-9(2)3/h9H,4-8,11H2,1-3H3,(H2,12,13,14). The minimum absolute atomic E-state index is 0.320. The van der Waals surface area contributed by atoms with Gasteiger partial charge in [0, 0.05) is 12.6 Å². The normalized spacial score (nSPS) is 11.9. The molecular weight excluding hydrogens is 192 g/mol. The summed E-state index contributed by atoms with van der Waals surface area (Å²) in [4.78, 5) is 4.22. The van der Waals surface area contributed by atoms with Crippen LogP contribution in [0.25, 0.3) is 0 Å². The molecule has 0 saturated heterocycles. The molecule has 0 radical (unpaired) electrons. The van der Waals surface area contributed by atoms with E-state index in [2.05, 4.69) is 22.7 Å². The zero-order valence-electron chi connectivity index (χ0n) is 10.0. The first-order valence-corrected chi connectivity index (χ1v) is 5.56. The first kappa shape index (κ1) is 14.2. The Morgan fingerprint density at radius 3 is 2.67 bits per heavy atom. The molecule has 0 bridgehead atoms. The van der Waals surface area contributed by atoms with Crippen molar-refractivity contribution in [1.29, 1.82) is 0 Å². The summed E-state index contributed by atoms with van der Waals surface area (Å²) in [6.45, 7) is 8.29. The Morgan fingerprint density at radius 1 is 1.40 bits per heavy atom. The molecule has 0 saturated carbocycles. The Balaban J connectivity index is 3.53. The topological polar surface area (TPSA) is 71.7 Å². The highest BCUT2D eigenvalue weighted by atomic mass is 16.5. The van der Waals surface area contributed by atoms with Crippen LogP contribution in [-0.2, 0) is 4.74 Å². The first-order valence-electron chi connectivity index (χ1n) is 5.56. The van der Waals surface area contributed by atoms with E-state index in [-0.39, 0.29) is 0 Å². The Bertz CT molecular complexity index is 171. The molecule has 0 heterocycles. The molecule has 0 rings (SSSR count). The fourth-order valence-electron chi connectivity index (χ4n) is 0.977. The molecule has 0 aromatic rings. The van der Waals surface area contributed by atoms with Crippen LogP contribution in [-0.4, -0.2) is 31.8 Å². The van der Waals surface area contributed by atoms with Gasteiger partial charge < -0.3 is 10.1 Å². The molecule has 15 heavy (non-hydrogen) atoms. The summed E-state index contributed by atoms with van der Waals surface area (Å²) < 4.78 is 5.37. The van der Waals surface area contributed by atoms with Gasteiger partial charge in [-0.15, -0.1) is 0 Å². The van der Waals surface area contributed by atoms with Crippen LogP contribution in [0.15, 0.2) is 4.99 Å². The van der Waals surface area contributed by atoms with Crippen LogP contribution in [0, 0.1) is 0 Å². The van der Waals surface area contributed by atoms with Crippen LogP contribution in [0.3, 0.4) is 0 Å². The van der Waals surface area contributed by atoms with Crippen LogP contribution in [0.1, 0.15) is 33.6 Å². The highest BCUT2D eigenvalue weighted by Gasteiger charge is 1.97. The number of hydrogen-bond donors (Lipinski definition) is 3. The summed E-state index contributed by atoms with van der Waals surface area (Å²) >= 11 is 0. The summed E-state index contributed by atoms with van der Waals surface area (Å²) in [5.41, 5.74) is 2.52. The van der Waals surface area contributed by atoms with Crippen molar-refractivity contribution >= 4 is 5.96 Å². The van der Waals surface area contributed by atoms with E-state index >= 15 is 0 Å². The molecule has 0 unspecified atom stereocenters. The van der Waals surface area contributed by atoms with E-state index in [0.717, 1.165) is 19.4 Å². The quantitative estimate of drug-likeness (QED) is 0.192. The van der Waals surface area contributed by atoms with Crippen molar-refractivity contribution in [2.45, 2.75) is 39.7 Å². The number of nitrogens with one attached hydrogen (secondary N) is 2. The van der Waals surface area contributed by atoms with Crippen molar-refractivity contribution in [3.05, 3.63) is 0 Å². The van der Waals surface area contributed by atoms with Gasteiger partial charge in [-0.3, -0.25) is 5.43 Å². The summed E-state index contributed by atoms with van der Waals surface area (Å²) in [6, 6.07) is 0.320. The fraction of sp³-hybridized carbons (Fsp3) is 0.900. The minimum atomic E-state index is 0.320. The van der Waals surface area contributed by atoms with Crippen molar-refractivity contribution < 1.29 is 4.74 Å². The Morgan fingerprint density at radius 2 is 2.13 bits per heavy atom. The van der Waals surface area contributed by atoms with E-state index in [1.165, 1.54) is 0 Å². The maximum Gasteiger partial charge on any atom is 0.206 e. The molecular formula is C10H24N4O. The number of nitrogens with zero attached hydrogens (tertiary/aromatic N) is 1. The number of ether oxygens (including phenoxy) is 1. The number of hydrazine groups is 1. The second kappa shape index (κ2) is 9.73. The van der Waals surface area contributed by atoms with Crippen molar-refractivity contribution in [1.82, 2.24) is 10.7 Å². The average Bonchev–Trinajstić information content (AvgIpc) is 2.20. The van der Waals surface area contributed by atoms with Gasteiger partial charge in [-0.05, 0) is 20.3 Å². The molecule has 0 aliphatic carbocycles. The third kappa shape index (κ3) is 9.49. The number of nitrogens with two attached hydrogens (primary N) is 1. The molecule has 4 N–H and O–H groups in total. The summed E-state index contributed by atoms with van der Waals surface area (Å²) in [7, 11) is 0. The smallest absolute Gasteiger partial charge is 0.206 e. The molecule has 5 nitrogen and oxygen atoms in total. The highest BCUT2D eigenvalue weighted by molar-refractivity contribution is 5.79. The lowest BCUT2D eigenvalue weighted by Gasteiger charge is -2.11. The van der Waals surface area contributed by atoms with Gasteiger partial charge in [0.15, 0.2) is 0 Å². The van der Waals surface area contributed by atoms with Gasteiger partial charge in [-0.25, -0.2) is 10.8 Å². The zero-order valence-corrected chi connectivity index (χ0v) is 10.0. The second-order valence-corrected chi connectivity index (χ2v) is 3.64. The summed E-state index contributed by atoms with van der Waals surface area (Å²) in [5, 5.41) is 3.09. The van der Waals surface area contributed by atoms with E-state index < -0.39 is 0 Å². The van der Waals surface area contributed by atoms with Gasteiger partial charge >= 0.3 is 0 Å². The van der Waals surface area contributed by atoms with E-state index in [0.29, 0.717) is 25.2 Å². The van der Waals surface area contributed by atoms with Gasteiger partial charge in [0.05, 0.1) is 13.2 Å². The predicted molar refractivity (Wildman–Crippen MR) is 63.6 cm³/mol. The van der Waals surface area contributed by atoms with Crippen LogP contribution >= 0.6 is 0 Å². The molecule has 5 heteroatoms. The van der Waals surface area contributed by atoms with E-state index in [4.69, 9.17) is 10.6 Å². The summed E-state index contributed by atoms with van der Waals surface area (Å²) in [6.07, 6.45) is 2.27.